The summed E-state index contributed by atoms with van der Waals surface area (Å²) >= 11 is 1.67. The number of hydrogen-bond donors (Lipinski definition) is 1. The van der Waals surface area contributed by atoms with E-state index in [1.165, 1.54) is 16.9 Å². The highest BCUT2D eigenvalue weighted by atomic mass is 32.1. The van der Waals surface area contributed by atoms with Crippen LogP contribution in [-0.2, 0) is 17.6 Å². The minimum Gasteiger partial charge on any atom is -0.390 e. The molecule has 1 fully saturated rings. The number of nitrogen functional groups attached to an aromatic ring is 1. The summed E-state index contributed by atoms with van der Waals surface area (Å²) in [6.45, 7) is 1.47. The molecule has 4 rings (SSSR count). The second-order valence-electron chi connectivity index (χ2n) is 5.11. The lowest BCUT2D eigenvalue weighted by Gasteiger charge is -1.98. The molecule has 2 aromatic heterocycles. The molecule has 0 spiro atoms. The molecule has 0 bridgehead atoms. The summed E-state index contributed by atoms with van der Waals surface area (Å²) in [5.41, 5.74) is 8.41. The lowest BCUT2D eigenvalue weighted by molar-refractivity contribution is 0.192. The van der Waals surface area contributed by atoms with E-state index in [-0.39, 0.29) is 5.92 Å². The van der Waals surface area contributed by atoms with Crippen LogP contribution in [0.3, 0.4) is 0 Å². The molecule has 5 nitrogen and oxygen atoms in total. The highest BCUT2D eigenvalue weighted by Gasteiger charge is 2.28. The third-order valence-corrected chi connectivity index (χ3v) is 5.02. The van der Waals surface area contributed by atoms with Crippen LogP contribution in [0.15, 0.2) is 4.52 Å². The van der Waals surface area contributed by atoms with Gasteiger partial charge in [-0.25, -0.2) is 0 Å². The lowest BCUT2D eigenvalue weighted by atomic mass is 10.1. The molecule has 2 aliphatic rings. The molecular formula is C13H15N3O2S. The van der Waals surface area contributed by atoms with Crippen molar-refractivity contribution >= 4 is 16.3 Å². The Morgan fingerprint density at radius 1 is 1.32 bits per heavy atom. The highest BCUT2D eigenvalue weighted by Crippen LogP contribution is 2.43. The van der Waals surface area contributed by atoms with Gasteiger partial charge in [0.1, 0.15) is 0 Å². The molecule has 3 heterocycles. The molecule has 6 heteroatoms. The number of aromatic nitrogens is 2. The average molecular weight is 277 g/mol. The van der Waals surface area contributed by atoms with Crippen molar-refractivity contribution in [1.82, 2.24) is 10.1 Å². The zero-order valence-corrected chi connectivity index (χ0v) is 11.3. The lowest BCUT2D eigenvalue weighted by Crippen LogP contribution is -1.99. The number of nitrogens with two attached hydrogens (primary N) is 1. The smallest absolute Gasteiger partial charge is 0.261 e. The molecule has 19 heavy (non-hydrogen) atoms. The Labute approximate surface area is 114 Å². The van der Waals surface area contributed by atoms with E-state index in [2.05, 4.69) is 10.1 Å². The minimum atomic E-state index is 0.269. The minimum absolute atomic E-state index is 0.269. The standard InChI is InChI=1S/C13H15N3O2S/c14-11-10(8-2-1-3-9(8)19-11)13-15-12(16-18-13)7-4-5-17-6-7/h7H,1-6,14H2. The molecule has 1 saturated heterocycles. The van der Waals surface area contributed by atoms with E-state index in [0.717, 1.165) is 42.3 Å². The third-order valence-electron chi connectivity index (χ3n) is 3.90. The first-order valence-electron chi connectivity index (χ1n) is 6.64. The Bertz CT molecular complexity index is 613. The van der Waals surface area contributed by atoms with Gasteiger partial charge in [-0.3, -0.25) is 0 Å². The van der Waals surface area contributed by atoms with Crippen LogP contribution in [0, 0.1) is 0 Å². The van der Waals surface area contributed by atoms with Crippen molar-refractivity contribution in [3.05, 3.63) is 16.3 Å². The van der Waals surface area contributed by atoms with E-state index in [1.54, 1.807) is 11.3 Å². The molecule has 1 atom stereocenters. The van der Waals surface area contributed by atoms with Gasteiger partial charge in [-0.15, -0.1) is 11.3 Å². The van der Waals surface area contributed by atoms with Crippen molar-refractivity contribution in [3.8, 4) is 11.5 Å². The van der Waals surface area contributed by atoms with Crippen LogP contribution in [0.5, 0.6) is 0 Å². The number of nitrogens with zero attached hydrogens (tertiary/aromatic N) is 2. The summed E-state index contributed by atoms with van der Waals surface area (Å²) in [4.78, 5) is 5.93. The molecular weight excluding hydrogens is 262 g/mol. The summed E-state index contributed by atoms with van der Waals surface area (Å²) in [7, 11) is 0. The summed E-state index contributed by atoms with van der Waals surface area (Å²) in [6, 6.07) is 0. The van der Waals surface area contributed by atoms with Gasteiger partial charge in [0.25, 0.3) is 5.89 Å². The van der Waals surface area contributed by atoms with Crippen molar-refractivity contribution in [2.45, 2.75) is 31.6 Å². The molecule has 1 aliphatic carbocycles. The predicted molar refractivity (Wildman–Crippen MR) is 72.2 cm³/mol. The average Bonchev–Trinajstić information content (AvgIpc) is 3.11. The van der Waals surface area contributed by atoms with Crippen molar-refractivity contribution in [2.75, 3.05) is 18.9 Å². The number of ether oxygens (including phenoxy) is 1. The summed E-state index contributed by atoms with van der Waals surface area (Å²) < 4.78 is 10.8. The Morgan fingerprint density at radius 2 is 2.26 bits per heavy atom. The molecule has 0 aromatic carbocycles. The van der Waals surface area contributed by atoms with Gasteiger partial charge in [0, 0.05) is 17.4 Å². The largest absolute Gasteiger partial charge is 0.390 e. The van der Waals surface area contributed by atoms with Crippen molar-refractivity contribution in [2.24, 2.45) is 0 Å². The molecule has 0 radical (unpaired) electrons. The van der Waals surface area contributed by atoms with Crippen LogP contribution in [0.4, 0.5) is 5.00 Å². The maximum atomic E-state index is 6.11. The van der Waals surface area contributed by atoms with Crippen LogP contribution in [0.2, 0.25) is 0 Å². The molecule has 1 unspecified atom stereocenters. The maximum absolute atomic E-state index is 6.11. The number of fused-ring (bicyclic) bond motifs is 1. The van der Waals surface area contributed by atoms with Gasteiger partial charge in [0.15, 0.2) is 5.82 Å². The number of aryl methyl sites for hydroxylation is 1. The fourth-order valence-electron chi connectivity index (χ4n) is 2.90. The number of hydrogen-bond acceptors (Lipinski definition) is 6. The Morgan fingerprint density at radius 3 is 3.11 bits per heavy atom. The summed E-state index contributed by atoms with van der Waals surface area (Å²) in [5, 5.41) is 4.91. The summed E-state index contributed by atoms with van der Waals surface area (Å²) in [5.74, 6) is 1.61. The molecule has 0 saturated carbocycles. The highest BCUT2D eigenvalue weighted by molar-refractivity contribution is 7.16. The van der Waals surface area contributed by atoms with Crippen molar-refractivity contribution in [1.29, 1.82) is 0 Å². The second kappa shape index (κ2) is 4.31. The van der Waals surface area contributed by atoms with Crippen LogP contribution >= 0.6 is 11.3 Å². The van der Waals surface area contributed by atoms with Gasteiger partial charge < -0.3 is 15.0 Å². The number of anilines is 1. The van der Waals surface area contributed by atoms with E-state index < -0.39 is 0 Å². The fraction of sp³-hybridized carbons (Fsp3) is 0.538. The topological polar surface area (TPSA) is 74.2 Å². The fourth-order valence-corrected chi connectivity index (χ4v) is 4.05. The molecule has 1 aliphatic heterocycles. The Kier molecular flexibility index (Phi) is 2.60. The van der Waals surface area contributed by atoms with Crippen LogP contribution < -0.4 is 5.73 Å². The van der Waals surface area contributed by atoms with E-state index in [4.69, 9.17) is 15.0 Å². The second-order valence-corrected chi connectivity index (χ2v) is 6.25. The first kappa shape index (κ1) is 11.4. The molecule has 100 valence electrons. The third kappa shape index (κ3) is 1.78. The van der Waals surface area contributed by atoms with Crippen LogP contribution in [0.1, 0.15) is 35.0 Å². The van der Waals surface area contributed by atoms with Crippen LogP contribution in [-0.4, -0.2) is 23.4 Å². The zero-order chi connectivity index (χ0) is 12.8. The monoisotopic (exact) mass is 277 g/mol. The van der Waals surface area contributed by atoms with E-state index in [9.17, 15) is 0 Å². The molecule has 2 aromatic rings. The maximum Gasteiger partial charge on any atom is 0.261 e. The molecule has 2 N–H and O–H groups in total. The summed E-state index contributed by atoms with van der Waals surface area (Å²) in [6.07, 6.45) is 4.37. The zero-order valence-electron chi connectivity index (χ0n) is 10.5. The van der Waals surface area contributed by atoms with E-state index in [0.29, 0.717) is 12.5 Å². The quantitative estimate of drug-likeness (QED) is 0.912. The number of rotatable bonds is 2. The van der Waals surface area contributed by atoms with Crippen molar-refractivity contribution < 1.29 is 9.26 Å². The van der Waals surface area contributed by atoms with Gasteiger partial charge >= 0.3 is 0 Å². The first-order valence-corrected chi connectivity index (χ1v) is 7.46. The van der Waals surface area contributed by atoms with Gasteiger partial charge in [0.05, 0.1) is 17.2 Å². The Hall–Kier alpha value is -1.40. The SMILES string of the molecule is Nc1sc2c(c1-c1nc(C3CCOC3)no1)CCC2. The van der Waals surface area contributed by atoms with Gasteiger partial charge in [-0.05, 0) is 31.2 Å². The normalized spacial score (nSPS) is 22.0. The van der Waals surface area contributed by atoms with Gasteiger partial charge in [-0.2, -0.15) is 4.98 Å². The Balaban J connectivity index is 1.73. The van der Waals surface area contributed by atoms with Gasteiger partial charge in [0.2, 0.25) is 0 Å². The van der Waals surface area contributed by atoms with Gasteiger partial charge in [-0.1, -0.05) is 5.16 Å². The molecule has 0 amide bonds. The van der Waals surface area contributed by atoms with E-state index in [1.807, 2.05) is 0 Å². The predicted octanol–water partition coefficient (Wildman–Crippen LogP) is 2.37. The van der Waals surface area contributed by atoms with E-state index >= 15 is 0 Å². The van der Waals surface area contributed by atoms with Crippen LogP contribution in [0.25, 0.3) is 11.5 Å². The number of thiophene rings is 1. The first-order chi connectivity index (χ1) is 9.33. The van der Waals surface area contributed by atoms with Crippen molar-refractivity contribution in [3.63, 3.8) is 0 Å².